The lowest BCUT2D eigenvalue weighted by molar-refractivity contribution is -0.153. The summed E-state index contributed by atoms with van der Waals surface area (Å²) in [5.74, 6) is -0.242. The van der Waals surface area contributed by atoms with E-state index in [1.54, 1.807) is 19.1 Å². The Bertz CT molecular complexity index is 894. The monoisotopic (exact) mass is 437 g/mol. The van der Waals surface area contributed by atoms with Gasteiger partial charge >= 0.3 is 12.2 Å². The zero-order valence-electron chi connectivity index (χ0n) is 17.8. The van der Waals surface area contributed by atoms with Crippen LogP contribution in [-0.2, 0) is 4.79 Å². The molecule has 0 fully saturated rings. The minimum absolute atomic E-state index is 0.0832. The van der Waals surface area contributed by atoms with Crippen molar-refractivity contribution in [2.24, 2.45) is 0 Å². The minimum Gasteiger partial charge on any atom is -0.484 e. The number of carbonyl (C=O) groups excluding carboxylic acids is 2. The van der Waals surface area contributed by atoms with Gasteiger partial charge in [-0.25, -0.2) is 4.79 Å². The molecule has 6 nitrogen and oxygen atoms in total. The highest BCUT2D eigenvalue weighted by atomic mass is 19.4. The molecule has 0 aromatic heterocycles. The first kappa shape index (κ1) is 24.0. The zero-order chi connectivity index (χ0) is 23.2. The maximum atomic E-state index is 12.4. The third-order valence-corrected chi connectivity index (χ3v) is 4.60. The van der Waals surface area contributed by atoms with Crippen LogP contribution in [-0.4, -0.2) is 43.2 Å². The molecule has 0 spiro atoms. The number of rotatable bonds is 7. The topological polar surface area (TPSA) is 70.7 Å². The van der Waals surface area contributed by atoms with Crippen LogP contribution in [0.5, 0.6) is 5.75 Å². The van der Waals surface area contributed by atoms with E-state index < -0.39 is 24.9 Å². The summed E-state index contributed by atoms with van der Waals surface area (Å²) in [5, 5.41) is 5.57. The van der Waals surface area contributed by atoms with Gasteiger partial charge in [-0.15, -0.1) is 0 Å². The number of halogens is 3. The molecule has 0 saturated heterocycles. The van der Waals surface area contributed by atoms with Crippen LogP contribution >= 0.6 is 0 Å². The highest BCUT2D eigenvalue weighted by molar-refractivity contribution is 5.95. The molecule has 168 valence electrons. The summed E-state index contributed by atoms with van der Waals surface area (Å²) < 4.78 is 41.3. The number of likely N-dealkylation sites (N-methyl/N-ethyl adjacent to an activating group) is 1. The van der Waals surface area contributed by atoms with Crippen molar-refractivity contribution in [3.05, 3.63) is 59.2 Å². The molecule has 2 aromatic carbocycles. The van der Waals surface area contributed by atoms with Gasteiger partial charge in [0.2, 0.25) is 5.91 Å². The standard InChI is InChI=1S/C22H26F3N3O3/c1-14-6-5-7-15(2)20(14)27-19(29)12-28(4)21(30)26-16(3)17-8-10-18(11-9-17)31-13-22(23,24)25/h5-11,16H,12-13H2,1-4H3,(H,26,30)(H,27,29)/t16-/m0/s1. The SMILES string of the molecule is Cc1cccc(C)c1NC(=O)CN(C)C(=O)N[C@@H](C)c1ccc(OCC(F)(F)F)cc1. The second-order valence-electron chi connectivity index (χ2n) is 7.32. The Morgan fingerprint density at radius 3 is 2.19 bits per heavy atom. The van der Waals surface area contributed by atoms with Gasteiger partial charge < -0.3 is 20.3 Å². The van der Waals surface area contributed by atoms with Gasteiger partial charge in [0.25, 0.3) is 0 Å². The summed E-state index contributed by atoms with van der Waals surface area (Å²) in [6.07, 6.45) is -4.41. The smallest absolute Gasteiger partial charge is 0.422 e. The maximum Gasteiger partial charge on any atom is 0.422 e. The van der Waals surface area contributed by atoms with E-state index in [1.165, 1.54) is 24.1 Å². The molecule has 0 bridgehead atoms. The van der Waals surface area contributed by atoms with E-state index in [1.807, 2.05) is 32.0 Å². The summed E-state index contributed by atoms with van der Waals surface area (Å²) in [5.41, 5.74) is 3.26. The normalized spacial score (nSPS) is 12.1. The quantitative estimate of drug-likeness (QED) is 0.666. The Morgan fingerprint density at radius 1 is 1.06 bits per heavy atom. The van der Waals surface area contributed by atoms with Gasteiger partial charge in [-0.3, -0.25) is 4.79 Å². The molecule has 0 radical (unpaired) electrons. The number of ether oxygens (including phenoxy) is 1. The molecule has 0 unspecified atom stereocenters. The minimum atomic E-state index is -4.41. The van der Waals surface area contributed by atoms with Crippen molar-refractivity contribution in [2.45, 2.75) is 33.0 Å². The van der Waals surface area contributed by atoms with Crippen molar-refractivity contribution in [3.63, 3.8) is 0 Å². The number of alkyl halides is 3. The number of nitrogens with zero attached hydrogens (tertiary/aromatic N) is 1. The first-order valence-corrected chi connectivity index (χ1v) is 9.63. The van der Waals surface area contributed by atoms with Crippen LogP contribution in [0.1, 0.15) is 29.7 Å². The molecule has 9 heteroatoms. The van der Waals surface area contributed by atoms with Crippen molar-refractivity contribution >= 4 is 17.6 Å². The lowest BCUT2D eigenvalue weighted by Gasteiger charge is -2.22. The van der Waals surface area contributed by atoms with Crippen molar-refractivity contribution in [3.8, 4) is 5.75 Å². The predicted octanol–water partition coefficient (Wildman–Crippen LogP) is 4.59. The molecule has 2 aromatic rings. The Balaban J connectivity index is 1.88. The van der Waals surface area contributed by atoms with Gasteiger partial charge in [-0.2, -0.15) is 13.2 Å². The summed E-state index contributed by atoms with van der Waals surface area (Å²) >= 11 is 0. The van der Waals surface area contributed by atoms with E-state index in [2.05, 4.69) is 15.4 Å². The largest absolute Gasteiger partial charge is 0.484 e. The molecule has 3 amide bonds. The second-order valence-corrected chi connectivity index (χ2v) is 7.32. The van der Waals surface area contributed by atoms with Crippen molar-refractivity contribution < 1.29 is 27.5 Å². The summed E-state index contributed by atoms with van der Waals surface area (Å²) in [7, 11) is 1.50. The van der Waals surface area contributed by atoms with E-state index in [0.717, 1.165) is 16.8 Å². The van der Waals surface area contributed by atoms with Crippen LogP contribution in [0.4, 0.5) is 23.7 Å². The Kier molecular flexibility index (Phi) is 7.90. The number of anilines is 1. The predicted molar refractivity (Wildman–Crippen MR) is 112 cm³/mol. The van der Waals surface area contributed by atoms with Gasteiger partial charge in [0, 0.05) is 12.7 Å². The summed E-state index contributed by atoms with van der Waals surface area (Å²) in [6, 6.07) is 10.8. The van der Waals surface area contributed by atoms with Crippen molar-refractivity contribution in [1.29, 1.82) is 0 Å². The highest BCUT2D eigenvalue weighted by Gasteiger charge is 2.28. The molecule has 0 saturated carbocycles. The summed E-state index contributed by atoms with van der Waals surface area (Å²) in [4.78, 5) is 26.0. The molecule has 0 aliphatic rings. The number of nitrogens with one attached hydrogen (secondary N) is 2. The molecular weight excluding hydrogens is 411 g/mol. The fourth-order valence-corrected chi connectivity index (χ4v) is 2.87. The highest BCUT2D eigenvalue weighted by Crippen LogP contribution is 2.21. The number of hydrogen-bond donors (Lipinski definition) is 2. The number of benzene rings is 2. The zero-order valence-corrected chi connectivity index (χ0v) is 17.8. The van der Waals surface area contributed by atoms with E-state index in [4.69, 9.17) is 0 Å². The van der Waals surface area contributed by atoms with Crippen LogP contribution in [0, 0.1) is 13.8 Å². The Labute approximate surface area is 179 Å². The first-order chi connectivity index (χ1) is 14.5. The van der Waals surface area contributed by atoms with Crippen molar-refractivity contribution in [1.82, 2.24) is 10.2 Å². The van der Waals surface area contributed by atoms with Gasteiger partial charge in [-0.05, 0) is 49.6 Å². The Morgan fingerprint density at radius 2 is 1.65 bits per heavy atom. The number of para-hydroxylation sites is 1. The second kappa shape index (κ2) is 10.2. The van der Waals surface area contributed by atoms with Crippen LogP contribution in [0.25, 0.3) is 0 Å². The Hall–Kier alpha value is -3.23. The maximum absolute atomic E-state index is 12.4. The van der Waals surface area contributed by atoms with Crippen LogP contribution < -0.4 is 15.4 Å². The fraction of sp³-hybridized carbons (Fsp3) is 0.364. The van der Waals surface area contributed by atoms with Gasteiger partial charge in [0.1, 0.15) is 12.3 Å². The van der Waals surface area contributed by atoms with E-state index in [0.29, 0.717) is 5.56 Å². The molecule has 1 atom stereocenters. The van der Waals surface area contributed by atoms with Gasteiger partial charge in [-0.1, -0.05) is 30.3 Å². The van der Waals surface area contributed by atoms with Crippen LogP contribution in [0.15, 0.2) is 42.5 Å². The van der Waals surface area contributed by atoms with Crippen molar-refractivity contribution in [2.75, 3.05) is 25.5 Å². The number of aryl methyl sites for hydroxylation is 2. The molecule has 0 aliphatic carbocycles. The molecule has 2 rings (SSSR count). The number of urea groups is 1. The third kappa shape index (κ3) is 7.51. The first-order valence-electron chi connectivity index (χ1n) is 9.63. The van der Waals surface area contributed by atoms with Gasteiger partial charge in [0.05, 0.1) is 6.04 Å². The molecule has 2 N–H and O–H groups in total. The molecule has 0 heterocycles. The lowest BCUT2D eigenvalue weighted by atomic mass is 10.1. The summed E-state index contributed by atoms with van der Waals surface area (Å²) in [6.45, 7) is 4.00. The fourth-order valence-electron chi connectivity index (χ4n) is 2.87. The number of hydrogen-bond acceptors (Lipinski definition) is 3. The average Bonchev–Trinajstić information content (AvgIpc) is 2.69. The lowest BCUT2D eigenvalue weighted by Crippen LogP contribution is -2.42. The third-order valence-electron chi connectivity index (χ3n) is 4.60. The molecule has 0 aliphatic heterocycles. The average molecular weight is 437 g/mol. The van der Waals surface area contributed by atoms with E-state index in [9.17, 15) is 22.8 Å². The van der Waals surface area contributed by atoms with Crippen LogP contribution in [0.2, 0.25) is 0 Å². The molecule has 31 heavy (non-hydrogen) atoms. The van der Waals surface area contributed by atoms with E-state index >= 15 is 0 Å². The van der Waals surface area contributed by atoms with Crippen LogP contribution in [0.3, 0.4) is 0 Å². The number of carbonyl (C=O) groups is 2. The van der Waals surface area contributed by atoms with Gasteiger partial charge in [0.15, 0.2) is 6.61 Å². The number of amides is 3. The van der Waals surface area contributed by atoms with E-state index in [-0.39, 0.29) is 18.2 Å². The molecular formula is C22H26F3N3O3.